The highest BCUT2D eigenvalue weighted by Crippen LogP contribution is 2.06. The minimum absolute atomic E-state index is 0.0383. The molecule has 1 N–H and O–H groups in total. The fourth-order valence-electron chi connectivity index (χ4n) is 1.01. The molecule has 1 aliphatic rings. The maximum atomic E-state index is 11.1. The van der Waals surface area contributed by atoms with E-state index in [1.807, 2.05) is 13.8 Å². The number of hydrogen-bond donors (Lipinski definition) is 1. The number of rotatable bonds is 1. The van der Waals surface area contributed by atoms with Crippen molar-refractivity contribution in [2.75, 3.05) is 0 Å². The summed E-state index contributed by atoms with van der Waals surface area (Å²) in [6.07, 6.45) is 0. The molecule has 0 bridgehead atoms. The summed E-state index contributed by atoms with van der Waals surface area (Å²) < 4.78 is 0. The first-order chi connectivity index (χ1) is 5.04. The van der Waals surface area contributed by atoms with Crippen molar-refractivity contribution < 1.29 is 9.59 Å². The van der Waals surface area contributed by atoms with Crippen LogP contribution in [-0.4, -0.2) is 28.8 Å². The molecule has 1 fully saturated rings. The zero-order valence-corrected chi connectivity index (χ0v) is 6.92. The average Bonchev–Trinajstić information content (AvgIpc) is 2.17. The Balaban J connectivity index is 2.75. The Bertz CT molecular complexity index is 201. The molecule has 1 unspecified atom stereocenters. The van der Waals surface area contributed by atoms with Gasteiger partial charge in [-0.25, -0.2) is 5.43 Å². The first kappa shape index (κ1) is 8.20. The third-order valence-corrected chi connectivity index (χ3v) is 1.67. The third-order valence-electron chi connectivity index (χ3n) is 1.67. The number of nitrogens with one attached hydrogen (secondary N) is 1. The number of ketones is 1. The van der Waals surface area contributed by atoms with E-state index in [4.69, 9.17) is 0 Å². The second-order valence-corrected chi connectivity index (χ2v) is 2.98. The summed E-state index contributed by atoms with van der Waals surface area (Å²) in [5, 5.41) is 1.37. The number of Topliss-reactive ketones (excluding diaryl/α,β-unsaturated/α-hetero) is 1. The monoisotopic (exact) mass is 156 g/mol. The van der Waals surface area contributed by atoms with E-state index in [-0.39, 0.29) is 17.9 Å². The predicted octanol–water partition coefficient (Wildman–Crippen LogP) is -0.301. The van der Waals surface area contributed by atoms with Crippen molar-refractivity contribution in [3.63, 3.8) is 0 Å². The summed E-state index contributed by atoms with van der Waals surface area (Å²) in [5.74, 6) is -0.772. The summed E-state index contributed by atoms with van der Waals surface area (Å²) in [6.45, 7) is 5.40. The summed E-state index contributed by atoms with van der Waals surface area (Å²) in [6, 6.07) is -0.318. The SMILES string of the molecule is CC1NN(C(C)C)C(=O)C1=O. The molecule has 0 aromatic carbocycles. The van der Waals surface area contributed by atoms with Gasteiger partial charge in [0.05, 0.1) is 6.04 Å². The Morgan fingerprint density at radius 1 is 1.45 bits per heavy atom. The molecule has 1 heterocycles. The normalized spacial score (nSPS) is 25.5. The van der Waals surface area contributed by atoms with Crippen LogP contribution in [0.5, 0.6) is 0 Å². The second kappa shape index (κ2) is 2.62. The third kappa shape index (κ3) is 1.26. The van der Waals surface area contributed by atoms with Gasteiger partial charge in [-0.1, -0.05) is 0 Å². The van der Waals surface area contributed by atoms with Crippen molar-refractivity contribution in [3.05, 3.63) is 0 Å². The standard InChI is InChI=1S/C7H12N2O2/c1-4(2)9-7(11)6(10)5(3)8-9/h4-5,8H,1-3H3. The molecule has 0 saturated carbocycles. The van der Waals surface area contributed by atoms with Crippen molar-refractivity contribution in [2.45, 2.75) is 32.9 Å². The van der Waals surface area contributed by atoms with Crippen LogP contribution in [0.4, 0.5) is 0 Å². The van der Waals surface area contributed by atoms with Crippen LogP contribution < -0.4 is 5.43 Å². The number of amides is 1. The van der Waals surface area contributed by atoms with Gasteiger partial charge < -0.3 is 0 Å². The van der Waals surface area contributed by atoms with Gasteiger partial charge in [-0.15, -0.1) is 0 Å². The minimum Gasteiger partial charge on any atom is -0.287 e. The van der Waals surface area contributed by atoms with Gasteiger partial charge in [0, 0.05) is 6.04 Å². The second-order valence-electron chi connectivity index (χ2n) is 2.98. The fourth-order valence-corrected chi connectivity index (χ4v) is 1.01. The van der Waals surface area contributed by atoms with Crippen molar-refractivity contribution in [1.82, 2.24) is 10.4 Å². The van der Waals surface area contributed by atoms with Gasteiger partial charge in [0.25, 0.3) is 0 Å². The van der Waals surface area contributed by atoms with E-state index < -0.39 is 5.91 Å². The van der Waals surface area contributed by atoms with Gasteiger partial charge in [-0.05, 0) is 20.8 Å². The maximum absolute atomic E-state index is 11.1. The number of nitrogens with zero attached hydrogens (tertiary/aromatic N) is 1. The first-order valence-electron chi connectivity index (χ1n) is 3.67. The molecule has 62 valence electrons. The van der Waals surface area contributed by atoms with Crippen molar-refractivity contribution >= 4 is 11.7 Å². The van der Waals surface area contributed by atoms with E-state index in [9.17, 15) is 9.59 Å². The summed E-state index contributed by atoms with van der Waals surface area (Å²) >= 11 is 0. The lowest BCUT2D eigenvalue weighted by molar-refractivity contribution is -0.141. The van der Waals surface area contributed by atoms with Crippen molar-refractivity contribution in [3.8, 4) is 0 Å². The lowest BCUT2D eigenvalue weighted by Gasteiger charge is -2.19. The lowest BCUT2D eigenvalue weighted by Crippen LogP contribution is -2.41. The van der Waals surface area contributed by atoms with E-state index in [0.29, 0.717) is 0 Å². The highest BCUT2D eigenvalue weighted by atomic mass is 16.2. The van der Waals surface area contributed by atoms with Crippen LogP contribution in [0.2, 0.25) is 0 Å². The summed E-state index contributed by atoms with van der Waals surface area (Å²) in [4.78, 5) is 22.0. The van der Waals surface area contributed by atoms with Crippen molar-refractivity contribution in [1.29, 1.82) is 0 Å². The molecule has 0 aromatic heterocycles. The Kier molecular flexibility index (Phi) is 1.95. The number of hydrogen-bond acceptors (Lipinski definition) is 3. The predicted molar refractivity (Wildman–Crippen MR) is 39.6 cm³/mol. The van der Waals surface area contributed by atoms with E-state index in [0.717, 1.165) is 0 Å². The van der Waals surface area contributed by atoms with Gasteiger partial charge in [0.1, 0.15) is 0 Å². The van der Waals surface area contributed by atoms with Crippen LogP contribution >= 0.6 is 0 Å². The summed E-state index contributed by atoms with van der Waals surface area (Å²) in [5.41, 5.74) is 2.79. The van der Waals surface area contributed by atoms with Gasteiger partial charge >= 0.3 is 5.91 Å². The van der Waals surface area contributed by atoms with Gasteiger partial charge in [0.15, 0.2) is 0 Å². The topological polar surface area (TPSA) is 49.4 Å². The van der Waals surface area contributed by atoms with Gasteiger partial charge in [-0.3, -0.25) is 14.6 Å². The molecule has 4 heteroatoms. The molecule has 1 rings (SSSR count). The number of hydrazine groups is 1. The Labute approximate surface area is 65.5 Å². The first-order valence-corrected chi connectivity index (χ1v) is 3.67. The molecular formula is C7H12N2O2. The zero-order chi connectivity index (χ0) is 8.59. The van der Waals surface area contributed by atoms with Gasteiger partial charge in [0.2, 0.25) is 5.78 Å². The Morgan fingerprint density at radius 3 is 2.18 bits per heavy atom. The minimum atomic E-state index is -0.424. The molecular weight excluding hydrogens is 144 g/mol. The molecule has 0 aromatic rings. The fraction of sp³-hybridized carbons (Fsp3) is 0.714. The molecule has 1 atom stereocenters. The molecule has 1 amide bonds. The molecule has 1 saturated heterocycles. The molecule has 0 radical (unpaired) electrons. The Hall–Kier alpha value is -0.900. The van der Waals surface area contributed by atoms with Crippen LogP contribution in [0.1, 0.15) is 20.8 Å². The summed E-state index contributed by atoms with van der Waals surface area (Å²) in [7, 11) is 0. The van der Waals surface area contributed by atoms with Crippen LogP contribution in [0.25, 0.3) is 0 Å². The zero-order valence-electron chi connectivity index (χ0n) is 6.92. The molecule has 0 aliphatic carbocycles. The van der Waals surface area contributed by atoms with Crippen LogP contribution in [0.15, 0.2) is 0 Å². The lowest BCUT2D eigenvalue weighted by atomic mass is 10.2. The number of carbonyl (C=O) groups is 2. The molecule has 1 aliphatic heterocycles. The largest absolute Gasteiger partial charge is 0.306 e. The van der Waals surface area contributed by atoms with E-state index in [1.54, 1.807) is 6.92 Å². The quantitative estimate of drug-likeness (QED) is 0.530. The Morgan fingerprint density at radius 2 is 2.00 bits per heavy atom. The van der Waals surface area contributed by atoms with Gasteiger partial charge in [-0.2, -0.15) is 0 Å². The maximum Gasteiger partial charge on any atom is 0.306 e. The average molecular weight is 156 g/mol. The highest BCUT2D eigenvalue weighted by molar-refractivity contribution is 6.39. The van der Waals surface area contributed by atoms with E-state index in [1.165, 1.54) is 5.01 Å². The molecule has 11 heavy (non-hydrogen) atoms. The van der Waals surface area contributed by atoms with Crippen molar-refractivity contribution in [2.24, 2.45) is 0 Å². The molecule has 4 nitrogen and oxygen atoms in total. The molecule has 0 spiro atoms. The van der Waals surface area contributed by atoms with Crippen LogP contribution in [-0.2, 0) is 9.59 Å². The smallest absolute Gasteiger partial charge is 0.287 e. The van der Waals surface area contributed by atoms with E-state index in [2.05, 4.69) is 5.43 Å². The van der Waals surface area contributed by atoms with Crippen LogP contribution in [0, 0.1) is 0 Å². The highest BCUT2D eigenvalue weighted by Gasteiger charge is 2.36. The number of carbonyl (C=O) groups excluding carboxylic acids is 2. The van der Waals surface area contributed by atoms with E-state index >= 15 is 0 Å². The van der Waals surface area contributed by atoms with Crippen LogP contribution in [0.3, 0.4) is 0 Å².